The minimum Gasteiger partial charge on any atom is -0.374 e. The number of rotatable bonds is 5. The average molecular weight is 247 g/mol. The SMILES string of the molecule is Cc1cc(C#N)ccc1COCCOC(C)(C)C. The summed E-state index contributed by atoms with van der Waals surface area (Å²) in [5, 5.41) is 8.78. The number of benzene rings is 1. The number of hydrogen-bond acceptors (Lipinski definition) is 3. The summed E-state index contributed by atoms with van der Waals surface area (Å²) in [5.41, 5.74) is 2.77. The van der Waals surface area contributed by atoms with Gasteiger partial charge in [0.15, 0.2) is 0 Å². The third-order valence-corrected chi connectivity index (χ3v) is 2.49. The number of nitriles is 1. The topological polar surface area (TPSA) is 42.2 Å². The molecule has 0 fully saturated rings. The number of ether oxygens (including phenoxy) is 2. The Bertz CT molecular complexity index is 427. The standard InChI is InChI=1S/C15H21NO2/c1-12-9-13(10-16)5-6-14(12)11-17-7-8-18-15(2,3)4/h5-6,9H,7-8,11H2,1-4H3. The second kappa shape index (κ2) is 6.53. The van der Waals surface area contributed by atoms with Crippen LogP contribution in [0, 0.1) is 18.3 Å². The summed E-state index contributed by atoms with van der Waals surface area (Å²) in [6.45, 7) is 9.80. The van der Waals surface area contributed by atoms with E-state index in [1.165, 1.54) is 0 Å². The molecule has 0 saturated heterocycles. The van der Waals surface area contributed by atoms with Gasteiger partial charge in [-0.25, -0.2) is 0 Å². The van der Waals surface area contributed by atoms with E-state index in [-0.39, 0.29) is 5.60 Å². The van der Waals surface area contributed by atoms with Crippen LogP contribution in [-0.2, 0) is 16.1 Å². The van der Waals surface area contributed by atoms with E-state index in [1.807, 2.05) is 45.9 Å². The van der Waals surface area contributed by atoms with Gasteiger partial charge in [-0.3, -0.25) is 0 Å². The summed E-state index contributed by atoms with van der Waals surface area (Å²) in [7, 11) is 0. The van der Waals surface area contributed by atoms with Crippen molar-refractivity contribution < 1.29 is 9.47 Å². The maximum Gasteiger partial charge on any atom is 0.0991 e. The molecule has 0 spiro atoms. The molecule has 3 nitrogen and oxygen atoms in total. The van der Waals surface area contributed by atoms with Crippen molar-refractivity contribution in [3.63, 3.8) is 0 Å². The fraction of sp³-hybridized carbons (Fsp3) is 0.533. The highest BCUT2D eigenvalue weighted by Gasteiger charge is 2.09. The van der Waals surface area contributed by atoms with E-state index in [4.69, 9.17) is 14.7 Å². The van der Waals surface area contributed by atoms with Gasteiger partial charge >= 0.3 is 0 Å². The predicted molar refractivity (Wildman–Crippen MR) is 71.3 cm³/mol. The minimum atomic E-state index is -0.117. The Morgan fingerprint density at radius 3 is 2.50 bits per heavy atom. The molecular formula is C15H21NO2. The Hall–Kier alpha value is -1.37. The molecule has 0 radical (unpaired) electrons. The highest BCUT2D eigenvalue weighted by Crippen LogP contribution is 2.12. The quantitative estimate of drug-likeness (QED) is 0.750. The first-order valence-corrected chi connectivity index (χ1v) is 6.14. The molecule has 98 valence electrons. The van der Waals surface area contributed by atoms with E-state index in [2.05, 4.69) is 6.07 Å². The van der Waals surface area contributed by atoms with E-state index in [0.717, 1.165) is 11.1 Å². The van der Waals surface area contributed by atoms with E-state index in [1.54, 1.807) is 0 Å². The van der Waals surface area contributed by atoms with E-state index >= 15 is 0 Å². The fourth-order valence-electron chi connectivity index (χ4n) is 1.52. The number of aryl methyl sites for hydroxylation is 1. The number of nitrogens with zero attached hydrogens (tertiary/aromatic N) is 1. The van der Waals surface area contributed by atoms with Crippen LogP contribution in [0.3, 0.4) is 0 Å². The molecule has 3 heteroatoms. The van der Waals surface area contributed by atoms with Gasteiger partial charge in [0.25, 0.3) is 0 Å². The van der Waals surface area contributed by atoms with Crippen molar-refractivity contribution in [3.05, 3.63) is 34.9 Å². The molecule has 0 atom stereocenters. The third kappa shape index (κ3) is 5.31. The molecule has 0 aliphatic rings. The van der Waals surface area contributed by atoms with Gasteiger partial charge in [0, 0.05) is 0 Å². The van der Waals surface area contributed by atoms with Crippen LogP contribution in [0.15, 0.2) is 18.2 Å². The van der Waals surface area contributed by atoms with Crippen molar-refractivity contribution in [2.75, 3.05) is 13.2 Å². The lowest BCUT2D eigenvalue weighted by Gasteiger charge is -2.19. The molecular weight excluding hydrogens is 226 g/mol. The first-order chi connectivity index (χ1) is 8.42. The molecule has 0 aliphatic heterocycles. The monoisotopic (exact) mass is 247 g/mol. The fourth-order valence-corrected chi connectivity index (χ4v) is 1.52. The Morgan fingerprint density at radius 2 is 1.94 bits per heavy atom. The average Bonchev–Trinajstić information content (AvgIpc) is 2.29. The van der Waals surface area contributed by atoms with Gasteiger partial charge in [-0.1, -0.05) is 6.07 Å². The molecule has 1 rings (SSSR count). The van der Waals surface area contributed by atoms with Crippen LogP contribution in [0.25, 0.3) is 0 Å². The lowest BCUT2D eigenvalue weighted by molar-refractivity contribution is -0.0377. The van der Waals surface area contributed by atoms with Crippen molar-refractivity contribution >= 4 is 0 Å². The summed E-state index contributed by atoms with van der Waals surface area (Å²) in [5.74, 6) is 0. The van der Waals surface area contributed by atoms with Gasteiger partial charge < -0.3 is 9.47 Å². The summed E-state index contributed by atoms with van der Waals surface area (Å²) in [4.78, 5) is 0. The maximum atomic E-state index is 8.78. The molecule has 1 aromatic carbocycles. The van der Waals surface area contributed by atoms with Crippen LogP contribution in [0.2, 0.25) is 0 Å². The predicted octanol–water partition coefficient (Wildman–Crippen LogP) is 3.20. The van der Waals surface area contributed by atoms with Gasteiger partial charge in [-0.05, 0) is 51.0 Å². The molecule has 1 aromatic rings. The Labute approximate surface area is 109 Å². The Kier molecular flexibility index (Phi) is 5.33. The first kappa shape index (κ1) is 14.7. The van der Waals surface area contributed by atoms with Crippen LogP contribution in [0.1, 0.15) is 37.5 Å². The Balaban J connectivity index is 2.34. The van der Waals surface area contributed by atoms with Crippen LogP contribution in [-0.4, -0.2) is 18.8 Å². The molecule has 0 unspecified atom stereocenters. The van der Waals surface area contributed by atoms with Crippen molar-refractivity contribution in [2.24, 2.45) is 0 Å². The number of hydrogen-bond donors (Lipinski definition) is 0. The smallest absolute Gasteiger partial charge is 0.0991 e. The van der Waals surface area contributed by atoms with Crippen molar-refractivity contribution in [1.29, 1.82) is 5.26 Å². The second-order valence-corrected chi connectivity index (χ2v) is 5.27. The molecule has 0 saturated carbocycles. The zero-order chi connectivity index (χ0) is 13.6. The zero-order valence-electron chi connectivity index (χ0n) is 11.6. The first-order valence-electron chi connectivity index (χ1n) is 6.14. The summed E-state index contributed by atoms with van der Waals surface area (Å²) < 4.78 is 11.1. The van der Waals surface area contributed by atoms with E-state index in [0.29, 0.717) is 25.4 Å². The molecule has 0 N–H and O–H groups in total. The molecule has 0 aliphatic carbocycles. The van der Waals surface area contributed by atoms with Crippen LogP contribution in [0.5, 0.6) is 0 Å². The minimum absolute atomic E-state index is 0.117. The Morgan fingerprint density at radius 1 is 1.22 bits per heavy atom. The van der Waals surface area contributed by atoms with Gasteiger partial charge in [0.05, 0.1) is 37.1 Å². The summed E-state index contributed by atoms with van der Waals surface area (Å²) in [6.07, 6.45) is 0. The highest BCUT2D eigenvalue weighted by atomic mass is 16.5. The van der Waals surface area contributed by atoms with Gasteiger partial charge in [0.1, 0.15) is 0 Å². The van der Waals surface area contributed by atoms with Crippen LogP contribution >= 0.6 is 0 Å². The van der Waals surface area contributed by atoms with Gasteiger partial charge in [-0.15, -0.1) is 0 Å². The lowest BCUT2D eigenvalue weighted by atomic mass is 10.1. The van der Waals surface area contributed by atoms with Crippen molar-refractivity contribution in [3.8, 4) is 6.07 Å². The lowest BCUT2D eigenvalue weighted by Crippen LogP contribution is -2.21. The summed E-state index contributed by atoms with van der Waals surface area (Å²) >= 11 is 0. The molecule has 0 heterocycles. The summed E-state index contributed by atoms with van der Waals surface area (Å²) in [6, 6.07) is 7.77. The highest BCUT2D eigenvalue weighted by molar-refractivity contribution is 5.37. The molecule has 0 amide bonds. The van der Waals surface area contributed by atoms with Crippen LogP contribution < -0.4 is 0 Å². The normalized spacial score (nSPS) is 11.3. The van der Waals surface area contributed by atoms with E-state index in [9.17, 15) is 0 Å². The van der Waals surface area contributed by atoms with E-state index < -0.39 is 0 Å². The molecule has 18 heavy (non-hydrogen) atoms. The zero-order valence-corrected chi connectivity index (χ0v) is 11.6. The third-order valence-electron chi connectivity index (χ3n) is 2.49. The van der Waals surface area contributed by atoms with Gasteiger partial charge in [0.2, 0.25) is 0 Å². The van der Waals surface area contributed by atoms with Crippen molar-refractivity contribution in [1.82, 2.24) is 0 Å². The van der Waals surface area contributed by atoms with Crippen LogP contribution in [0.4, 0.5) is 0 Å². The second-order valence-electron chi connectivity index (χ2n) is 5.27. The molecule has 0 bridgehead atoms. The van der Waals surface area contributed by atoms with Crippen molar-refractivity contribution in [2.45, 2.75) is 39.9 Å². The largest absolute Gasteiger partial charge is 0.374 e. The van der Waals surface area contributed by atoms with Gasteiger partial charge in [-0.2, -0.15) is 5.26 Å². The molecule has 0 aromatic heterocycles. The maximum absolute atomic E-state index is 8.78.